The van der Waals surface area contributed by atoms with Gasteiger partial charge in [0.1, 0.15) is 5.52 Å². The molecule has 0 N–H and O–H groups in total. The van der Waals surface area contributed by atoms with Gasteiger partial charge in [-0.1, -0.05) is 6.07 Å². The third-order valence-corrected chi connectivity index (χ3v) is 5.07. The van der Waals surface area contributed by atoms with Gasteiger partial charge in [0, 0.05) is 6.20 Å². The summed E-state index contributed by atoms with van der Waals surface area (Å²) in [7, 11) is 0. The van der Waals surface area contributed by atoms with Gasteiger partial charge in [0.25, 0.3) is 0 Å². The van der Waals surface area contributed by atoms with Crippen LogP contribution in [-0.2, 0) is 6.54 Å². The Balaban J connectivity index is 1.52. The van der Waals surface area contributed by atoms with E-state index in [2.05, 4.69) is 43.8 Å². The van der Waals surface area contributed by atoms with E-state index < -0.39 is 0 Å². The first kappa shape index (κ1) is 12.3. The van der Waals surface area contributed by atoms with Crippen LogP contribution in [0.5, 0.6) is 0 Å². The first-order valence-corrected chi connectivity index (χ1v) is 8.38. The molecular formula is C17H14N4S. The standard InChI is InChI=1S/C17H14N4S/c1-4-14-16(22-10-20-14)5-11(1)8-21-9-19-15-6-13(12-2-3-12)7-18-17(15)21/h1,4-7,9-10,12H,2-3,8H2. The van der Waals surface area contributed by atoms with Gasteiger partial charge < -0.3 is 4.57 Å². The fourth-order valence-electron chi connectivity index (χ4n) is 2.91. The van der Waals surface area contributed by atoms with Crippen LogP contribution in [0.15, 0.2) is 42.3 Å². The molecule has 4 aromatic rings. The van der Waals surface area contributed by atoms with Crippen molar-refractivity contribution in [1.82, 2.24) is 19.5 Å². The molecule has 22 heavy (non-hydrogen) atoms. The van der Waals surface area contributed by atoms with Gasteiger partial charge in [-0.05, 0) is 48.1 Å². The van der Waals surface area contributed by atoms with Crippen molar-refractivity contribution >= 4 is 32.7 Å². The predicted octanol–water partition coefficient (Wildman–Crippen LogP) is 3.97. The monoisotopic (exact) mass is 306 g/mol. The average Bonchev–Trinajstić information content (AvgIpc) is 3.17. The highest BCUT2D eigenvalue weighted by molar-refractivity contribution is 7.16. The number of thiazole rings is 1. The molecule has 3 aromatic heterocycles. The number of fused-ring (bicyclic) bond motifs is 2. The summed E-state index contributed by atoms with van der Waals surface area (Å²) >= 11 is 1.68. The van der Waals surface area contributed by atoms with Crippen molar-refractivity contribution in [2.45, 2.75) is 25.3 Å². The van der Waals surface area contributed by atoms with Crippen molar-refractivity contribution in [2.75, 3.05) is 0 Å². The Hall–Kier alpha value is -2.27. The lowest BCUT2D eigenvalue weighted by Gasteiger charge is -2.04. The molecule has 5 rings (SSSR count). The van der Waals surface area contributed by atoms with E-state index in [0.717, 1.165) is 29.1 Å². The van der Waals surface area contributed by atoms with E-state index >= 15 is 0 Å². The van der Waals surface area contributed by atoms with Gasteiger partial charge in [-0.25, -0.2) is 15.0 Å². The number of pyridine rings is 1. The van der Waals surface area contributed by atoms with E-state index in [1.54, 1.807) is 11.3 Å². The van der Waals surface area contributed by atoms with E-state index in [9.17, 15) is 0 Å². The molecule has 0 saturated heterocycles. The third-order valence-electron chi connectivity index (χ3n) is 4.27. The molecular weight excluding hydrogens is 292 g/mol. The maximum Gasteiger partial charge on any atom is 0.160 e. The summed E-state index contributed by atoms with van der Waals surface area (Å²) in [5.74, 6) is 0.718. The number of aromatic nitrogens is 4. The Morgan fingerprint density at radius 1 is 1.09 bits per heavy atom. The van der Waals surface area contributed by atoms with Crippen molar-refractivity contribution in [2.24, 2.45) is 0 Å². The lowest BCUT2D eigenvalue weighted by molar-refractivity contribution is 0.815. The lowest BCUT2D eigenvalue weighted by Crippen LogP contribution is -1.99. The van der Waals surface area contributed by atoms with Gasteiger partial charge in [-0.3, -0.25) is 0 Å². The molecule has 0 unspecified atom stereocenters. The molecule has 1 fully saturated rings. The second-order valence-corrected chi connectivity index (χ2v) is 6.80. The fourth-order valence-corrected chi connectivity index (χ4v) is 3.66. The first-order chi connectivity index (χ1) is 10.9. The molecule has 1 aromatic carbocycles. The molecule has 1 aliphatic carbocycles. The highest BCUT2D eigenvalue weighted by atomic mass is 32.1. The van der Waals surface area contributed by atoms with Gasteiger partial charge in [0.15, 0.2) is 5.65 Å². The van der Waals surface area contributed by atoms with Crippen LogP contribution >= 0.6 is 11.3 Å². The maximum absolute atomic E-state index is 4.64. The topological polar surface area (TPSA) is 43.6 Å². The Bertz CT molecular complexity index is 981. The molecule has 0 aliphatic heterocycles. The van der Waals surface area contributed by atoms with Gasteiger partial charge in [-0.15, -0.1) is 11.3 Å². The fraction of sp³-hybridized carbons (Fsp3) is 0.235. The van der Waals surface area contributed by atoms with Crippen molar-refractivity contribution in [3.63, 3.8) is 0 Å². The lowest BCUT2D eigenvalue weighted by atomic mass is 10.2. The Kier molecular flexibility index (Phi) is 2.58. The van der Waals surface area contributed by atoms with E-state index in [4.69, 9.17) is 0 Å². The maximum atomic E-state index is 4.64. The molecule has 1 saturated carbocycles. The number of rotatable bonds is 3. The van der Waals surface area contributed by atoms with Crippen molar-refractivity contribution in [3.05, 3.63) is 53.4 Å². The zero-order valence-corrected chi connectivity index (χ0v) is 12.8. The van der Waals surface area contributed by atoms with Crippen LogP contribution in [0.4, 0.5) is 0 Å². The Labute approximate surface area is 131 Å². The summed E-state index contributed by atoms with van der Waals surface area (Å²) < 4.78 is 3.35. The summed E-state index contributed by atoms with van der Waals surface area (Å²) in [5, 5.41) is 0. The molecule has 108 valence electrons. The number of nitrogens with zero attached hydrogens (tertiary/aromatic N) is 4. The largest absolute Gasteiger partial charge is 0.311 e. The summed E-state index contributed by atoms with van der Waals surface area (Å²) in [6.45, 7) is 0.792. The highest BCUT2D eigenvalue weighted by Crippen LogP contribution is 2.40. The molecule has 0 amide bonds. The van der Waals surface area contributed by atoms with Crippen LogP contribution in [0.1, 0.15) is 29.9 Å². The molecule has 3 heterocycles. The molecule has 0 atom stereocenters. The SMILES string of the molecule is c1nc2ccc(Cn3cnc4cc(C5CC5)cnc43)cc2s1. The molecule has 5 heteroatoms. The first-order valence-electron chi connectivity index (χ1n) is 7.50. The minimum absolute atomic E-state index is 0.718. The number of imidazole rings is 1. The molecule has 0 bridgehead atoms. The molecule has 0 radical (unpaired) electrons. The minimum Gasteiger partial charge on any atom is -0.311 e. The Morgan fingerprint density at radius 3 is 2.95 bits per heavy atom. The van der Waals surface area contributed by atoms with Crippen LogP contribution in [0.25, 0.3) is 21.4 Å². The molecule has 4 nitrogen and oxygen atoms in total. The number of hydrogen-bond donors (Lipinski definition) is 0. The van der Waals surface area contributed by atoms with E-state index in [1.807, 2.05) is 18.0 Å². The van der Waals surface area contributed by atoms with Crippen molar-refractivity contribution in [3.8, 4) is 0 Å². The van der Waals surface area contributed by atoms with Crippen molar-refractivity contribution < 1.29 is 0 Å². The zero-order chi connectivity index (χ0) is 14.5. The van der Waals surface area contributed by atoms with Crippen LogP contribution in [-0.4, -0.2) is 19.5 Å². The Morgan fingerprint density at radius 2 is 2.05 bits per heavy atom. The van der Waals surface area contributed by atoms with Gasteiger partial charge in [0.05, 0.1) is 28.6 Å². The normalized spacial score (nSPS) is 14.9. The summed E-state index contributed by atoms with van der Waals surface area (Å²) in [4.78, 5) is 13.5. The van der Waals surface area contributed by atoms with Crippen LogP contribution in [0.2, 0.25) is 0 Å². The van der Waals surface area contributed by atoms with Crippen LogP contribution < -0.4 is 0 Å². The predicted molar refractivity (Wildman–Crippen MR) is 88.2 cm³/mol. The highest BCUT2D eigenvalue weighted by Gasteiger charge is 2.24. The summed E-state index contributed by atoms with van der Waals surface area (Å²) in [6, 6.07) is 8.62. The second-order valence-electron chi connectivity index (χ2n) is 5.91. The number of hydrogen-bond acceptors (Lipinski definition) is 4. The summed E-state index contributed by atoms with van der Waals surface area (Å²) in [6.07, 6.45) is 6.50. The molecule has 1 aliphatic rings. The van der Waals surface area contributed by atoms with Gasteiger partial charge in [0.2, 0.25) is 0 Å². The summed E-state index contributed by atoms with van der Waals surface area (Å²) in [5.41, 5.74) is 7.52. The van der Waals surface area contributed by atoms with Gasteiger partial charge in [-0.2, -0.15) is 0 Å². The second kappa shape index (κ2) is 4.61. The van der Waals surface area contributed by atoms with Crippen molar-refractivity contribution in [1.29, 1.82) is 0 Å². The zero-order valence-electron chi connectivity index (χ0n) is 11.9. The van der Waals surface area contributed by atoms with Crippen LogP contribution in [0.3, 0.4) is 0 Å². The quantitative estimate of drug-likeness (QED) is 0.575. The number of benzene rings is 1. The van der Waals surface area contributed by atoms with E-state index in [-0.39, 0.29) is 0 Å². The third kappa shape index (κ3) is 2.01. The van der Waals surface area contributed by atoms with E-state index in [1.165, 1.54) is 28.7 Å². The molecule has 0 spiro atoms. The van der Waals surface area contributed by atoms with Crippen LogP contribution in [0, 0.1) is 0 Å². The smallest absolute Gasteiger partial charge is 0.160 e. The minimum atomic E-state index is 0.718. The van der Waals surface area contributed by atoms with E-state index in [0.29, 0.717) is 0 Å². The van der Waals surface area contributed by atoms with Gasteiger partial charge >= 0.3 is 0 Å². The average molecular weight is 306 g/mol.